The average Bonchev–Trinajstić information content (AvgIpc) is 3.11. The molecule has 0 aliphatic rings. The average molecular weight is 428 g/mol. The van der Waals surface area contributed by atoms with Gasteiger partial charge in [0, 0.05) is 11.4 Å². The van der Waals surface area contributed by atoms with E-state index in [9.17, 15) is 14.7 Å². The van der Waals surface area contributed by atoms with Gasteiger partial charge in [-0.3, -0.25) is 4.79 Å². The number of hydrogen-bond donors (Lipinski definition) is 2. The van der Waals surface area contributed by atoms with Crippen molar-refractivity contribution in [3.8, 4) is 0 Å². The number of amides is 1. The highest BCUT2D eigenvalue weighted by atomic mass is 32.2. The summed E-state index contributed by atoms with van der Waals surface area (Å²) in [4.78, 5) is 23.2. The normalized spacial score (nSPS) is 10.6. The van der Waals surface area contributed by atoms with Gasteiger partial charge in [-0.15, -0.1) is 10.2 Å². The van der Waals surface area contributed by atoms with Gasteiger partial charge in [0.25, 0.3) is 0 Å². The van der Waals surface area contributed by atoms with Crippen LogP contribution in [0.25, 0.3) is 0 Å². The summed E-state index contributed by atoms with van der Waals surface area (Å²) >= 11 is 2.63. The second-order valence-electron chi connectivity index (χ2n) is 6.47. The van der Waals surface area contributed by atoms with Crippen LogP contribution in [0.1, 0.15) is 27.0 Å². The number of thioether (sulfide) groups is 1. The molecule has 2 aromatic carbocycles. The van der Waals surface area contributed by atoms with Crippen molar-refractivity contribution in [1.29, 1.82) is 0 Å². The van der Waals surface area contributed by atoms with E-state index in [1.807, 2.05) is 26.0 Å². The molecule has 0 bridgehead atoms. The maximum absolute atomic E-state index is 12.2. The lowest BCUT2D eigenvalue weighted by molar-refractivity contribution is -0.255. The van der Waals surface area contributed by atoms with Gasteiger partial charge in [0.05, 0.1) is 11.7 Å². The number of carboxylic acid groups (broad SMARTS) is 1. The van der Waals surface area contributed by atoms with E-state index < -0.39 is 5.97 Å². The van der Waals surface area contributed by atoms with E-state index in [4.69, 9.17) is 0 Å². The molecule has 29 heavy (non-hydrogen) atoms. The first-order chi connectivity index (χ1) is 13.8. The fraction of sp³-hybridized carbons (Fsp3) is 0.200. The summed E-state index contributed by atoms with van der Waals surface area (Å²) in [5.74, 6) is -1.41. The van der Waals surface area contributed by atoms with E-state index in [1.54, 1.807) is 13.0 Å². The zero-order valence-electron chi connectivity index (χ0n) is 16.1. The van der Waals surface area contributed by atoms with Gasteiger partial charge in [-0.25, -0.2) is 0 Å². The van der Waals surface area contributed by atoms with Gasteiger partial charge in [-0.1, -0.05) is 52.9 Å². The van der Waals surface area contributed by atoms with E-state index in [0.717, 1.165) is 16.8 Å². The summed E-state index contributed by atoms with van der Waals surface area (Å²) in [6.45, 7) is 5.85. The minimum Gasteiger partial charge on any atom is -0.545 e. The molecule has 3 rings (SSSR count). The summed E-state index contributed by atoms with van der Waals surface area (Å²) in [5, 5.41) is 25.8. The van der Waals surface area contributed by atoms with E-state index in [2.05, 4.69) is 26.9 Å². The van der Waals surface area contributed by atoms with Crippen LogP contribution in [0.2, 0.25) is 0 Å². The van der Waals surface area contributed by atoms with E-state index in [-0.39, 0.29) is 17.2 Å². The fourth-order valence-corrected chi connectivity index (χ4v) is 4.15. The first-order valence-electron chi connectivity index (χ1n) is 8.74. The molecule has 0 spiro atoms. The first-order valence-corrected chi connectivity index (χ1v) is 10.5. The number of nitrogens with one attached hydrogen (secondary N) is 2. The van der Waals surface area contributed by atoms with Crippen LogP contribution in [0.4, 0.5) is 16.5 Å². The second kappa shape index (κ2) is 9.06. The number of benzene rings is 2. The third-order valence-electron chi connectivity index (χ3n) is 4.10. The quantitative estimate of drug-likeness (QED) is 0.557. The largest absolute Gasteiger partial charge is 0.545 e. The lowest BCUT2D eigenvalue weighted by Crippen LogP contribution is -2.23. The fourth-order valence-electron chi connectivity index (χ4n) is 2.58. The molecule has 1 aromatic heterocycles. The van der Waals surface area contributed by atoms with Gasteiger partial charge in [0.15, 0.2) is 4.34 Å². The number of aromatic nitrogens is 2. The van der Waals surface area contributed by atoms with Crippen molar-refractivity contribution in [2.45, 2.75) is 25.1 Å². The Bertz CT molecular complexity index is 1070. The molecule has 7 nitrogen and oxygen atoms in total. The lowest BCUT2D eigenvalue weighted by atomic mass is 10.1. The Morgan fingerprint density at radius 1 is 1.03 bits per heavy atom. The zero-order valence-corrected chi connectivity index (χ0v) is 17.7. The van der Waals surface area contributed by atoms with Crippen molar-refractivity contribution in [2.75, 3.05) is 16.4 Å². The van der Waals surface area contributed by atoms with Gasteiger partial charge in [-0.05, 0) is 49.6 Å². The number of carbonyl (C=O) groups is 2. The zero-order chi connectivity index (χ0) is 21.0. The predicted octanol–water partition coefficient (Wildman–Crippen LogP) is 3.30. The Kier molecular flexibility index (Phi) is 6.50. The second-order valence-corrected chi connectivity index (χ2v) is 8.67. The number of aryl methyl sites for hydroxylation is 3. The van der Waals surface area contributed by atoms with E-state index in [1.165, 1.54) is 40.8 Å². The summed E-state index contributed by atoms with van der Waals surface area (Å²) in [6, 6.07) is 10.6. The third kappa shape index (κ3) is 5.55. The minimum atomic E-state index is -1.28. The molecule has 2 N–H and O–H groups in total. The third-order valence-corrected chi connectivity index (χ3v) is 6.08. The van der Waals surface area contributed by atoms with Crippen LogP contribution in [0, 0.1) is 20.8 Å². The molecule has 1 heterocycles. The van der Waals surface area contributed by atoms with Crippen molar-refractivity contribution in [3.63, 3.8) is 0 Å². The van der Waals surface area contributed by atoms with Crippen LogP contribution < -0.4 is 15.7 Å². The van der Waals surface area contributed by atoms with Crippen molar-refractivity contribution in [3.05, 3.63) is 58.7 Å². The van der Waals surface area contributed by atoms with Gasteiger partial charge in [-0.2, -0.15) is 0 Å². The number of rotatable bonds is 7. The Morgan fingerprint density at radius 3 is 2.55 bits per heavy atom. The molecule has 0 radical (unpaired) electrons. The molecule has 0 saturated carbocycles. The molecule has 1 amide bonds. The number of nitrogens with zero attached hydrogens (tertiary/aromatic N) is 2. The van der Waals surface area contributed by atoms with Crippen molar-refractivity contribution in [2.24, 2.45) is 0 Å². The van der Waals surface area contributed by atoms with Crippen LogP contribution in [0.15, 0.2) is 40.7 Å². The lowest BCUT2D eigenvalue weighted by Gasteiger charge is -2.10. The molecule has 3 aromatic rings. The van der Waals surface area contributed by atoms with Gasteiger partial charge in [0.1, 0.15) is 0 Å². The van der Waals surface area contributed by atoms with Crippen molar-refractivity contribution in [1.82, 2.24) is 10.2 Å². The van der Waals surface area contributed by atoms with Crippen molar-refractivity contribution < 1.29 is 14.7 Å². The highest BCUT2D eigenvalue weighted by Crippen LogP contribution is 2.29. The maximum Gasteiger partial charge on any atom is 0.234 e. The molecule has 0 unspecified atom stereocenters. The highest BCUT2D eigenvalue weighted by molar-refractivity contribution is 8.01. The summed E-state index contributed by atoms with van der Waals surface area (Å²) < 4.78 is 0.660. The van der Waals surface area contributed by atoms with E-state index >= 15 is 0 Å². The van der Waals surface area contributed by atoms with Gasteiger partial charge in [0.2, 0.25) is 11.0 Å². The van der Waals surface area contributed by atoms with Crippen LogP contribution >= 0.6 is 23.1 Å². The molecule has 150 valence electrons. The monoisotopic (exact) mass is 427 g/mol. The highest BCUT2D eigenvalue weighted by Gasteiger charge is 2.11. The standard InChI is InChI=1S/C20H20N4O3S2/c1-11-4-7-15(13(3)8-11)22-19-23-24-20(29-19)28-10-17(25)21-16-9-14(18(26)27)6-5-12(16)2/h4-9H,10H2,1-3H3,(H,21,25)(H,22,23)(H,26,27)/p-1. The van der Waals surface area contributed by atoms with Gasteiger partial charge < -0.3 is 20.5 Å². The maximum atomic E-state index is 12.2. The summed E-state index contributed by atoms with van der Waals surface area (Å²) in [6.07, 6.45) is 0. The number of anilines is 3. The Balaban J connectivity index is 1.57. The van der Waals surface area contributed by atoms with Crippen molar-refractivity contribution >= 4 is 51.5 Å². The molecule has 0 fully saturated rings. The van der Waals surface area contributed by atoms with Gasteiger partial charge >= 0.3 is 0 Å². The number of hydrogen-bond acceptors (Lipinski definition) is 8. The smallest absolute Gasteiger partial charge is 0.234 e. The van der Waals surface area contributed by atoms with Crippen LogP contribution in [0.3, 0.4) is 0 Å². The van der Waals surface area contributed by atoms with Crippen LogP contribution in [-0.2, 0) is 4.79 Å². The molecular formula is C20H19N4O3S2-. The van der Waals surface area contributed by atoms with Crippen LogP contribution in [-0.4, -0.2) is 27.8 Å². The predicted molar refractivity (Wildman–Crippen MR) is 114 cm³/mol. The minimum absolute atomic E-state index is 0.0183. The summed E-state index contributed by atoms with van der Waals surface area (Å²) in [7, 11) is 0. The Labute approximate surface area is 176 Å². The molecule has 0 saturated heterocycles. The SMILES string of the molecule is Cc1ccc(Nc2nnc(SCC(=O)Nc3cc(C(=O)[O-])ccc3C)s2)c(C)c1. The molecular weight excluding hydrogens is 408 g/mol. The first kappa shape index (κ1) is 20.8. The number of carboxylic acids is 1. The number of carbonyl (C=O) groups excluding carboxylic acids is 2. The van der Waals surface area contributed by atoms with Crippen LogP contribution in [0.5, 0.6) is 0 Å². The topological polar surface area (TPSA) is 107 Å². The molecule has 9 heteroatoms. The van der Waals surface area contributed by atoms with E-state index in [0.29, 0.717) is 15.2 Å². The Hall–Kier alpha value is -2.91. The molecule has 0 aliphatic heterocycles. The Morgan fingerprint density at radius 2 is 1.83 bits per heavy atom. The molecule has 0 atom stereocenters. The summed E-state index contributed by atoms with van der Waals surface area (Å²) in [5.41, 5.74) is 4.50. The molecule has 0 aliphatic carbocycles. The number of aromatic carboxylic acids is 1.